The molecule has 76 valence electrons. The Morgan fingerprint density at radius 1 is 1.54 bits per heavy atom. The van der Waals surface area contributed by atoms with Crippen molar-refractivity contribution in [1.82, 2.24) is 4.90 Å². The van der Waals surface area contributed by atoms with Crippen LogP contribution in [0.25, 0.3) is 0 Å². The maximum atomic E-state index is 9.74. The zero-order valence-electron chi connectivity index (χ0n) is 8.95. The van der Waals surface area contributed by atoms with Gasteiger partial charge in [-0.1, -0.05) is 11.6 Å². The van der Waals surface area contributed by atoms with Gasteiger partial charge in [-0.3, -0.25) is 0 Å². The molecule has 1 heterocycles. The summed E-state index contributed by atoms with van der Waals surface area (Å²) < 4.78 is 0. The Labute approximate surface area is 81.2 Å². The summed E-state index contributed by atoms with van der Waals surface area (Å²) >= 11 is 0. The van der Waals surface area contributed by atoms with Crippen LogP contribution in [0.3, 0.4) is 0 Å². The van der Waals surface area contributed by atoms with Gasteiger partial charge in [0.05, 0.1) is 6.10 Å². The second-order valence-electron chi connectivity index (χ2n) is 4.40. The average molecular weight is 183 g/mol. The molecule has 0 aliphatic carbocycles. The Morgan fingerprint density at radius 2 is 2.23 bits per heavy atom. The number of nitrogens with zero attached hydrogens (tertiary/aromatic N) is 1. The van der Waals surface area contributed by atoms with Gasteiger partial charge < -0.3 is 10.0 Å². The topological polar surface area (TPSA) is 23.5 Å². The van der Waals surface area contributed by atoms with Crippen molar-refractivity contribution < 1.29 is 5.11 Å². The van der Waals surface area contributed by atoms with Crippen LogP contribution in [0.4, 0.5) is 0 Å². The normalized spacial score (nSPS) is 30.2. The molecule has 0 aromatic rings. The minimum Gasteiger partial charge on any atom is -0.393 e. The summed E-state index contributed by atoms with van der Waals surface area (Å²) in [6.07, 6.45) is 4.09. The smallest absolute Gasteiger partial charge is 0.0595 e. The number of aliphatic hydroxyl groups is 1. The second kappa shape index (κ2) is 4.77. The molecule has 0 saturated carbocycles. The highest BCUT2D eigenvalue weighted by Gasteiger charge is 2.24. The zero-order chi connectivity index (χ0) is 9.84. The molecule has 1 fully saturated rings. The van der Waals surface area contributed by atoms with E-state index in [0.29, 0.717) is 5.92 Å². The van der Waals surface area contributed by atoms with E-state index in [1.165, 1.54) is 5.57 Å². The maximum absolute atomic E-state index is 9.74. The number of hydrogen-bond donors (Lipinski definition) is 1. The van der Waals surface area contributed by atoms with Gasteiger partial charge in [0.25, 0.3) is 0 Å². The van der Waals surface area contributed by atoms with Crippen molar-refractivity contribution in [3.05, 3.63) is 11.6 Å². The molecule has 0 bridgehead atoms. The van der Waals surface area contributed by atoms with Crippen molar-refractivity contribution in [2.75, 3.05) is 20.1 Å². The average Bonchev–Trinajstić information content (AvgIpc) is 2.06. The van der Waals surface area contributed by atoms with Crippen LogP contribution in [0.1, 0.15) is 26.7 Å². The highest BCUT2D eigenvalue weighted by molar-refractivity contribution is 4.96. The van der Waals surface area contributed by atoms with Crippen molar-refractivity contribution in [1.29, 1.82) is 0 Å². The SMILES string of the molecule is CC(C)=CC[C@H]1CN(C)CC[C@H]1O. The van der Waals surface area contributed by atoms with Crippen molar-refractivity contribution in [2.45, 2.75) is 32.8 Å². The molecule has 0 radical (unpaired) electrons. The first-order chi connectivity index (χ1) is 6.09. The summed E-state index contributed by atoms with van der Waals surface area (Å²) in [5.74, 6) is 0.439. The van der Waals surface area contributed by atoms with E-state index in [-0.39, 0.29) is 6.10 Å². The standard InChI is InChI=1S/C11H21NO/c1-9(2)4-5-10-8-12(3)7-6-11(10)13/h4,10-11,13H,5-8H2,1-3H3/t10-,11+/m0/s1. The van der Waals surface area contributed by atoms with Crippen LogP contribution in [-0.4, -0.2) is 36.2 Å². The van der Waals surface area contributed by atoms with E-state index < -0.39 is 0 Å². The molecular weight excluding hydrogens is 162 g/mol. The van der Waals surface area contributed by atoms with Gasteiger partial charge in [-0.05, 0) is 33.7 Å². The molecule has 0 aromatic carbocycles. The fourth-order valence-corrected chi connectivity index (χ4v) is 1.82. The zero-order valence-corrected chi connectivity index (χ0v) is 8.95. The Balaban J connectivity index is 2.42. The third-order valence-corrected chi connectivity index (χ3v) is 2.73. The Morgan fingerprint density at radius 3 is 2.85 bits per heavy atom. The van der Waals surface area contributed by atoms with Crippen LogP contribution >= 0.6 is 0 Å². The highest BCUT2D eigenvalue weighted by atomic mass is 16.3. The predicted octanol–water partition coefficient (Wildman–Crippen LogP) is 1.66. The summed E-state index contributed by atoms with van der Waals surface area (Å²) in [5, 5.41) is 9.74. The Hall–Kier alpha value is -0.340. The first-order valence-corrected chi connectivity index (χ1v) is 5.09. The largest absolute Gasteiger partial charge is 0.393 e. The van der Waals surface area contributed by atoms with Crippen molar-refractivity contribution in [3.8, 4) is 0 Å². The van der Waals surface area contributed by atoms with Crippen LogP contribution in [-0.2, 0) is 0 Å². The lowest BCUT2D eigenvalue weighted by Gasteiger charge is -2.33. The Bertz CT molecular complexity index is 185. The van der Waals surface area contributed by atoms with E-state index in [1.807, 2.05) is 0 Å². The Kier molecular flexibility index (Phi) is 3.94. The molecule has 13 heavy (non-hydrogen) atoms. The quantitative estimate of drug-likeness (QED) is 0.658. The molecule has 2 nitrogen and oxygen atoms in total. The second-order valence-corrected chi connectivity index (χ2v) is 4.40. The van der Waals surface area contributed by atoms with Crippen LogP contribution in [0.15, 0.2) is 11.6 Å². The third-order valence-electron chi connectivity index (χ3n) is 2.73. The molecule has 1 saturated heterocycles. The number of likely N-dealkylation sites (tertiary alicyclic amines) is 1. The van der Waals surface area contributed by atoms with Gasteiger partial charge in [-0.25, -0.2) is 0 Å². The predicted molar refractivity (Wildman–Crippen MR) is 55.7 cm³/mol. The first-order valence-electron chi connectivity index (χ1n) is 5.09. The molecule has 1 aliphatic heterocycles. The highest BCUT2D eigenvalue weighted by Crippen LogP contribution is 2.20. The molecule has 0 amide bonds. The third kappa shape index (κ3) is 3.49. The number of hydrogen-bond acceptors (Lipinski definition) is 2. The fraction of sp³-hybridized carbons (Fsp3) is 0.818. The maximum Gasteiger partial charge on any atom is 0.0595 e. The minimum atomic E-state index is -0.0909. The van der Waals surface area contributed by atoms with E-state index in [2.05, 4.69) is 31.9 Å². The van der Waals surface area contributed by atoms with Gasteiger partial charge in [0.15, 0.2) is 0 Å². The van der Waals surface area contributed by atoms with Crippen molar-refractivity contribution in [2.24, 2.45) is 5.92 Å². The molecule has 2 atom stereocenters. The molecule has 2 heteroatoms. The molecular formula is C11H21NO. The van der Waals surface area contributed by atoms with Gasteiger partial charge in [0, 0.05) is 19.0 Å². The van der Waals surface area contributed by atoms with E-state index in [9.17, 15) is 5.11 Å². The van der Waals surface area contributed by atoms with Crippen LogP contribution in [0.2, 0.25) is 0 Å². The summed E-state index contributed by atoms with van der Waals surface area (Å²) in [5.41, 5.74) is 1.35. The molecule has 0 spiro atoms. The number of allylic oxidation sites excluding steroid dienone is 2. The lowest BCUT2D eigenvalue weighted by atomic mass is 9.91. The number of piperidine rings is 1. The van der Waals surface area contributed by atoms with E-state index in [0.717, 1.165) is 25.9 Å². The number of aliphatic hydroxyl groups excluding tert-OH is 1. The molecule has 0 aromatic heterocycles. The van der Waals surface area contributed by atoms with Gasteiger partial charge in [-0.2, -0.15) is 0 Å². The van der Waals surface area contributed by atoms with Crippen molar-refractivity contribution >= 4 is 0 Å². The number of rotatable bonds is 2. The molecule has 1 N–H and O–H groups in total. The van der Waals surface area contributed by atoms with E-state index >= 15 is 0 Å². The van der Waals surface area contributed by atoms with Gasteiger partial charge in [-0.15, -0.1) is 0 Å². The van der Waals surface area contributed by atoms with Crippen LogP contribution in [0, 0.1) is 5.92 Å². The van der Waals surface area contributed by atoms with Crippen molar-refractivity contribution in [3.63, 3.8) is 0 Å². The lowest BCUT2D eigenvalue weighted by molar-refractivity contribution is 0.0378. The molecule has 1 aliphatic rings. The van der Waals surface area contributed by atoms with E-state index in [1.54, 1.807) is 0 Å². The fourth-order valence-electron chi connectivity index (χ4n) is 1.82. The summed E-state index contributed by atoms with van der Waals surface area (Å²) in [6, 6.07) is 0. The van der Waals surface area contributed by atoms with Crippen LogP contribution < -0.4 is 0 Å². The minimum absolute atomic E-state index is 0.0909. The molecule has 1 rings (SSSR count). The monoisotopic (exact) mass is 183 g/mol. The van der Waals surface area contributed by atoms with E-state index in [4.69, 9.17) is 0 Å². The van der Waals surface area contributed by atoms with Gasteiger partial charge in [0.1, 0.15) is 0 Å². The first kappa shape index (κ1) is 10.7. The molecule has 0 unspecified atom stereocenters. The summed E-state index contributed by atoms with van der Waals surface area (Å²) in [7, 11) is 2.13. The van der Waals surface area contributed by atoms with Gasteiger partial charge >= 0.3 is 0 Å². The summed E-state index contributed by atoms with van der Waals surface area (Å²) in [4.78, 5) is 2.30. The van der Waals surface area contributed by atoms with Crippen LogP contribution in [0.5, 0.6) is 0 Å². The lowest BCUT2D eigenvalue weighted by Crippen LogP contribution is -2.40. The van der Waals surface area contributed by atoms with Gasteiger partial charge in [0.2, 0.25) is 0 Å². The summed E-state index contributed by atoms with van der Waals surface area (Å²) in [6.45, 7) is 6.29.